The molecule has 8 nitrogen and oxygen atoms in total. The molecule has 0 radical (unpaired) electrons. The van der Waals surface area contributed by atoms with E-state index in [0.29, 0.717) is 24.5 Å². The molecule has 1 atom stereocenters. The number of hydrogen-bond acceptors (Lipinski definition) is 6. The van der Waals surface area contributed by atoms with Gasteiger partial charge in [0.2, 0.25) is 0 Å². The predicted octanol–water partition coefficient (Wildman–Crippen LogP) is 4.74. The zero-order chi connectivity index (χ0) is 27.9. The molecule has 2 aliphatic heterocycles. The van der Waals surface area contributed by atoms with E-state index in [1.807, 2.05) is 91.8 Å². The number of likely N-dealkylation sites (tertiary alicyclic amines) is 1. The van der Waals surface area contributed by atoms with Crippen LogP contribution in [0.2, 0.25) is 0 Å². The Bertz CT molecular complexity index is 1160. The van der Waals surface area contributed by atoms with E-state index in [-0.39, 0.29) is 18.0 Å². The number of piperidine rings is 1. The van der Waals surface area contributed by atoms with Crippen molar-refractivity contribution in [3.63, 3.8) is 0 Å². The van der Waals surface area contributed by atoms with Crippen LogP contribution in [0.4, 0.5) is 10.6 Å². The Morgan fingerprint density at radius 1 is 1.08 bits per heavy atom. The van der Waals surface area contributed by atoms with Crippen molar-refractivity contribution in [3.05, 3.63) is 53.7 Å². The molecule has 0 spiro atoms. The minimum atomic E-state index is -0.587. The lowest BCUT2D eigenvalue weighted by atomic mass is 9.79. The van der Waals surface area contributed by atoms with Crippen LogP contribution in [0.1, 0.15) is 77.2 Å². The molecule has 2 amide bonds. The molecule has 2 aromatic rings. The van der Waals surface area contributed by atoms with Crippen LogP contribution >= 0.6 is 0 Å². The second kappa shape index (κ2) is 10.3. The van der Waals surface area contributed by atoms with Crippen LogP contribution in [0.25, 0.3) is 0 Å². The van der Waals surface area contributed by atoms with E-state index in [1.54, 1.807) is 16.0 Å². The van der Waals surface area contributed by atoms with Gasteiger partial charge in [-0.2, -0.15) is 0 Å². The Morgan fingerprint density at radius 3 is 2.29 bits per heavy atom. The number of nitrogens with zero attached hydrogens (tertiary/aromatic N) is 3. The van der Waals surface area contributed by atoms with Gasteiger partial charge in [-0.3, -0.25) is 9.69 Å². The van der Waals surface area contributed by atoms with E-state index in [2.05, 4.69) is 4.98 Å². The second-order valence-corrected chi connectivity index (χ2v) is 12.3. The van der Waals surface area contributed by atoms with Gasteiger partial charge in [0.25, 0.3) is 5.91 Å². The molecule has 0 bridgehead atoms. The van der Waals surface area contributed by atoms with Crippen molar-refractivity contribution < 1.29 is 23.6 Å². The largest absolute Gasteiger partial charge is 0.494 e. The zero-order valence-corrected chi connectivity index (χ0v) is 23.9. The quantitative estimate of drug-likeness (QED) is 0.541. The van der Waals surface area contributed by atoms with E-state index < -0.39 is 23.9 Å². The fraction of sp³-hybridized carbons (Fsp3) is 0.552. The molecule has 9 heteroatoms. The Morgan fingerprint density at radius 2 is 1.71 bits per heavy atom. The summed E-state index contributed by atoms with van der Waals surface area (Å²) in [5.41, 5.74) is 0.806. The maximum atomic E-state index is 14.0. The lowest BCUT2D eigenvalue weighted by Gasteiger charge is -2.39. The Labute approximate surface area is 226 Å². The van der Waals surface area contributed by atoms with E-state index in [1.165, 1.54) is 0 Å². The lowest BCUT2D eigenvalue weighted by Crippen LogP contribution is -2.53. The summed E-state index contributed by atoms with van der Waals surface area (Å²) >= 11 is 0. The number of carbonyl (C=O) groups excluding carboxylic acids is 2. The zero-order valence-electron chi connectivity index (χ0n) is 23.9. The van der Waals surface area contributed by atoms with Gasteiger partial charge in [0, 0.05) is 24.8 Å². The Hall–Kier alpha value is -2.91. The van der Waals surface area contributed by atoms with Crippen LogP contribution in [0.15, 0.2) is 42.6 Å². The topological polar surface area (TPSA) is 81.2 Å². The number of aryl methyl sites for hydroxylation is 1. The molecule has 4 rings (SSSR count). The van der Waals surface area contributed by atoms with Crippen LogP contribution in [0.5, 0.6) is 0 Å². The maximum absolute atomic E-state index is 14.0. The highest BCUT2D eigenvalue weighted by molar-refractivity contribution is 6.62. The van der Waals surface area contributed by atoms with Gasteiger partial charge in [-0.25, -0.2) is 9.78 Å². The Kier molecular flexibility index (Phi) is 7.65. The first-order valence-corrected chi connectivity index (χ1v) is 13.4. The van der Waals surface area contributed by atoms with Crippen molar-refractivity contribution in [1.82, 2.24) is 9.88 Å². The monoisotopic (exact) mass is 521 g/mol. The summed E-state index contributed by atoms with van der Waals surface area (Å²) in [5, 5.41) is 0. The number of pyridine rings is 1. The number of ether oxygens (including phenoxy) is 1. The molecule has 2 aliphatic rings. The van der Waals surface area contributed by atoms with E-state index in [0.717, 1.165) is 23.9 Å². The van der Waals surface area contributed by atoms with Crippen LogP contribution in [-0.4, -0.2) is 64.9 Å². The number of anilines is 1. The molecule has 2 saturated heterocycles. The van der Waals surface area contributed by atoms with Crippen molar-refractivity contribution in [2.75, 3.05) is 18.0 Å². The fourth-order valence-corrected chi connectivity index (χ4v) is 4.72. The molecule has 0 unspecified atom stereocenters. The summed E-state index contributed by atoms with van der Waals surface area (Å²) in [6.07, 6.45) is 2.85. The molecule has 1 aromatic heterocycles. The fourth-order valence-electron chi connectivity index (χ4n) is 4.72. The molecule has 0 aliphatic carbocycles. The van der Waals surface area contributed by atoms with Crippen molar-refractivity contribution in [2.24, 2.45) is 0 Å². The summed E-state index contributed by atoms with van der Waals surface area (Å²) in [5.74, 6) is 0.437. The van der Waals surface area contributed by atoms with Gasteiger partial charge in [0.05, 0.1) is 17.2 Å². The predicted molar refractivity (Wildman–Crippen MR) is 149 cm³/mol. The van der Waals surface area contributed by atoms with Crippen LogP contribution in [0.3, 0.4) is 0 Å². The highest BCUT2D eigenvalue weighted by atomic mass is 16.7. The van der Waals surface area contributed by atoms with Crippen molar-refractivity contribution in [1.29, 1.82) is 0 Å². The van der Waals surface area contributed by atoms with Crippen LogP contribution in [-0.2, 0) is 14.0 Å². The molecule has 0 N–H and O–H groups in total. The summed E-state index contributed by atoms with van der Waals surface area (Å²) in [4.78, 5) is 34.9. The van der Waals surface area contributed by atoms with E-state index >= 15 is 0 Å². The van der Waals surface area contributed by atoms with Crippen molar-refractivity contribution >= 4 is 30.4 Å². The van der Waals surface area contributed by atoms with Gasteiger partial charge in [-0.15, -0.1) is 0 Å². The third-order valence-electron chi connectivity index (χ3n) is 7.53. The van der Waals surface area contributed by atoms with Gasteiger partial charge < -0.3 is 18.9 Å². The minimum absolute atomic E-state index is 0.164. The van der Waals surface area contributed by atoms with Gasteiger partial charge in [-0.1, -0.05) is 18.2 Å². The van der Waals surface area contributed by atoms with Crippen molar-refractivity contribution in [3.8, 4) is 0 Å². The first kappa shape index (κ1) is 28.1. The summed E-state index contributed by atoms with van der Waals surface area (Å²) in [6, 6.07) is 10.9. The molecular weight excluding hydrogens is 481 g/mol. The molecule has 1 aromatic carbocycles. The van der Waals surface area contributed by atoms with E-state index in [4.69, 9.17) is 14.0 Å². The minimum Gasteiger partial charge on any atom is -0.444 e. The number of hydrogen-bond donors (Lipinski definition) is 0. The van der Waals surface area contributed by atoms with E-state index in [9.17, 15) is 9.59 Å². The first-order valence-electron chi connectivity index (χ1n) is 13.4. The number of rotatable bonds is 4. The van der Waals surface area contributed by atoms with Gasteiger partial charge in [0.15, 0.2) is 0 Å². The summed E-state index contributed by atoms with van der Waals surface area (Å²) in [6.45, 7) is 16.5. The molecule has 2 fully saturated rings. The standard InChI is InChI=1S/C29H40BN3O5/c1-20-11-9-17-31-24(20)33(23-12-10-18-32(19-23)26(35)36-27(2,3)4)25(34)21-13-15-22(16-14-21)30-37-28(5,6)29(7,8)38-30/h9,11,13-17,23H,10,12,18-19H2,1-8H3/t23-/m1/s1. The number of carbonyl (C=O) groups is 2. The summed E-state index contributed by atoms with van der Waals surface area (Å²) in [7, 11) is -0.501. The highest BCUT2D eigenvalue weighted by Crippen LogP contribution is 2.36. The number of aromatic nitrogens is 1. The molecule has 3 heterocycles. The molecular formula is C29H40BN3O5. The Balaban J connectivity index is 1.60. The first-order chi connectivity index (χ1) is 17.7. The van der Waals surface area contributed by atoms with Gasteiger partial charge >= 0.3 is 13.2 Å². The van der Waals surface area contributed by atoms with Gasteiger partial charge in [-0.05, 0) is 97.5 Å². The third-order valence-corrected chi connectivity index (χ3v) is 7.53. The van der Waals surface area contributed by atoms with Crippen molar-refractivity contribution in [2.45, 2.75) is 91.1 Å². The number of benzene rings is 1. The average molecular weight is 521 g/mol. The third kappa shape index (κ3) is 5.89. The SMILES string of the molecule is Cc1cccnc1N(C(=O)c1ccc(B2OC(C)(C)C(C)(C)O2)cc1)[C@@H]1CCCN(C(=O)OC(C)(C)C)C1. The smallest absolute Gasteiger partial charge is 0.444 e. The van der Waals surface area contributed by atoms with Crippen LogP contribution in [0, 0.1) is 6.92 Å². The molecule has 204 valence electrons. The van der Waals surface area contributed by atoms with Gasteiger partial charge in [0.1, 0.15) is 11.4 Å². The summed E-state index contributed by atoms with van der Waals surface area (Å²) < 4.78 is 18.0. The molecule has 0 saturated carbocycles. The maximum Gasteiger partial charge on any atom is 0.494 e. The average Bonchev–Trinajstić information content (AvgIpc) is 3.06. The highest BCUT2D eigenvalue weighted by Gasteiger charge is 2.51. The lowest BCUT2D eigenvalue weighted by molar-refractivity contribution is 0.00578. The molecule has 38 heavy (non-hydrogen) atoms. The second-order valence-electron chi connectivity index (χ2n) is 12.3. The normalized spacial score (nSPS) is 20.8. The van der Waals surface area contributed by atoms with Crippen LogP contribution < -0.4 is 10.4 Å². The number of amides is 2.